The van der Waals surface area contributed by atoms with Crippen LogP contribution in [0.25, 0.3) is 20.2 Å². The minimum atomic E-state index is -0.158. The SMILES string of the molecule is O=C(Nc1cccc2ccccc12)c1sc2sccc2c1Cl. The van der Waals surface area contributed by atoms with E-state index in [1.807, 2.05) is 53.9 Å². The van der Waals surface area contributed by atoms with E-state index in [1.54, 1.807) is 11.3 Å². The van der Waals surface area contributed by atoms with Crippen molar-refractivity contribution in [1.82, 2.24) is 0 Å². The summed E-state index contributed by atoms with van der Waals surface area (Å²) in [5.74, 6) is -0.158. The lowest BCUT2D eigenvalue weighted by atomic mass is 10.1. The van der Waals surface area contributed by atoms with Crippen molar-refractivity contribution in [3.63, 3.8) is 0 Å². The fourth-order valence-electron chi connectivity index (χ4n) is 2.46. The van der Waals surface area contributed by atoms with Crippen LogP contribution in [0, 0.1) is 0 Å². The monoisotopic (exact) mass is 343 g/mol. The molecule has 0 aliphatic heterocycles. The largest absolute Gasteiger partial charge is 0.321 e. The van der Waals surface area contributed by atoms with Crippen molar-refractivity contribution in [1.29, 1.82) is 0 Å². The first-order valence-corrected chi connectivity index (χ1v) is 8.76. The van der Waals surface area contributed by atoms with E-state index in [2.05, 4.69) is 5.32 Å². The number of hydrogen-bond donors (Lipinski definition) is 1. The second kappa shape index (κ2) is 5.39. The fraction of sp³-hybridized carbons (Fsp3) is 0. The molecule has 0 spiro atoms. The predicted molar refractivity (Wildman–Crippen MR) is 96.6 cm³/mol. The topological polar surface area (TPSA) is 29.1 Å². The Kier molecular flexibility index (Phi) is 3.37. The van der Waals surface area contributed by atoms with Gasteiger partial charge in [0, 0.05) is 16.5 Å². The summed E-state index contributed by atoms with van der Waals surface area (Å²) in [7, 11) is 0. The number of nitrogens with one attached hydrogen (secondary N) is 1. The molecule has 1 amide bonds. The predicted octanol–water partition coefficient (Wildman–Crippen LogP) is 6.02. The van der Waals surface area contributed by atoms with Crippen LogP contribution in [0.15, 0.2) is 53.9 Å². The van der Waals surface area contributed by atoms with Gasteiger partial charge in [-0.1, -0.05) is 48.0 Å². The van der Waals surface area contributed by atoms with Crippen LogP contribution in [-0.4, -0.2) is 5.91 Å². The van der Waals surface area contributed by atoms with Gasteiger partial charge >= 0.3 is 0 Å². The Morgan fingerprint density at radius 1 is 1.00 bits per heavy atom. The zero-order valence-electron chi connectivity index (χ0n) is 11.3. The molecule has 0 atom stereocenters. The van der Waals surface area contributed by atoms with Gasteiger partial charge in [-0.2, -0.15) is 0 Å². The van der Waals surface area contributed by atoms with Gasteiger partial charge in [-0.05, 0) is 22.9 Å². The number of benzene rings is 2. The van der Waals surface area contributed by atoms with Crippen molar-refractivity contribution < 1.29 is 4.79 Å². The fourth-order valence-corrected chi connectivity index (χ4v) is 4.97. The Labute approximate surface area is 140 Å². The first kappa shape index (κ1) is 13.8. The molecule has 0 bridgehead atoms. The van der Waals surface area contributed by atoms with E-state index in [0.29, 0.717) is 9.90 Å². The molecule has 4 rings (SSSR count). The molecule has 2 heterocycles. The zero-order chi connectivity index (χ0) is 15.1. The molecule has 0 saturated carbocycles. The first-order valence-electron chi connectivity index (χ1n) is 6.68. The van der Waals surface area contributed by atoms with Gasteiger partial charge in [-0.15, -0.1) is 22.7 Å². The van der Waals surface area contributed by atoms with Gasteiger partial charge in [0.15, 0.2) is 0 Å². The molecule has 0 saturated heterocycles. The quantitative estimate of drug-likeness (QED) is 0.473. The standard InChI is InChI=1S/C17H10ClNOS2/c18-14-12-8-9-21-17(12)22-15(14)16(20)19-13-7-3-5-10-4-1-2-6-11(10)13/h1-9H,(H,19,20). The number of carbonyl (C=O) groups is 1. The number of halogens is 1. The lowest BCUT2D eigenvalue weighted by Gasteiger charge is -2.08. The van der Waals surface area contributed by atoms with Crippen LogP contribution < -0.4 is 5.32 Å². The number of thiophene rings is 2. The minimum Gasteiger partial charge on any atom is -0.321 e. The molecular formula is C17H10ClNOS2. The third-order valence-corrected chi connectivity index (χ3v) is 6.25. The van der Waals surface area contributed by atoms with Gasteiger partial charge in [-0.3, -0.25) is 4.79 Å². The minimum absolute atomic E-state index is 0.158. The zero-order valence-corrected chi connectivity index (χ0v) is 13.7. The first-order chi connectivity index (χ1) is 10.7. The highest BCUT2D eigenvalue weighted by molar-refractivity contribution is 7.38. The van der Waals surface area contributed by atoms with Crippen molar-refractivity contribution in [2.45, 2.75) is 0 Å². The van der Waals surface area contributed by atoms with Gasteiger partial charge in [0.1, 0.15) is 4.88 Å². The van der Waals surface area contributed by atoms with Gasteiger partial charge < -0.3 is 5.32 Å². The number of amides is 1. The maximum Gasteiger partial charge on any atom is 0.267 e. The van der Waals surface area contributed by atoms with Gasteiger partial charge in [-0.25, -0.2) is 0 Å². The number of anilines is 1. The Bertz CT molecular complexity index is 997. The third kappa shape index (κ3) is 2.20. The molecule has 0 unspecified atom stereocenters. The van der Waals surface area contributed by atoms with E-state index in [4.69, 9.17) is 11.6 Å². The Hall–Kier alpha value is -1.88. The number of fused-ring (bicyclic) bond motifs is 2. The highest BCUT2D eigenvalue weighted by atomic mass is 35.5. The molecule has 22 heavy (non-hydrogen) atoms. The van der Waals surface area contributed by atoms with Crippen molar-refractivity contribution in [3.8, 4) is 0 Å². The van der Waals surface area contributed by atoms with Crippen LogP contribution >= 0.6 is 34.3 Å². The number of carbonyl (C=O) groups excluding carboxylic acids is 1. The molecule has 0 radical (unpaired) electrons. The van der Waals surface area contributed by atoms with E-state index in [0.717, 1.165) is 25.9 Å². The summed E-state index contributed by atoms with van der Waals surface area (Å²) in [5.41, 5.74) is 0.802. The molecule has 0 aliphatic carbocycles. The lowest BCUT2D eigenvalue weighted by molar-refractivity contribution is 0.103. The molecule has 0 fully saturated rings. The van der Waals surface area contributed by atoms with Crippen LogP contribution in [0.3, 0.4) is 0 Å². The maximum absolute atomic E-state index is 12.6. The molecule has 2 aromatic heterocycles. The summed E-state index contributed by atoms with van der Waals surface area (Å²) in [6.07, 6.45) is 0. The Morgan fingerprint density at radius 2 is 1.82 bits per heavy atom. The van der Waals surface area contributed by atoms with E-state index in [1.165, 1.54) is 11.3 Å². The molecule has 0 aliphatic rings. The van der Waals surface area contributed by atoms with E-state index in [9.17, 15) is 4.79 Å². The van der Waals surface area contributed by atoms with E-state index >= 15 is 0 Å². The van der Waals surface area contributed by atoms with Crippen molar-refractivity contribution in [3.05, 3.63) is 63.8 Å². The van der Waals surface area contributed by atoms with Gasteiger partial charge in [0.2, 0.25) is 0 Å². The summed E-state index contributed by atoms with van der Waals surface area (Å²) >= 11 is 9.37. The van der Waals surface area contributed by atoms with Crippen molar-refractivity contribution in [2.75, 3.05) is 5.32 Å². The lowest BCUT2D eigenvalue weighted by Crippen LogP contribution is -2.10. The summed E-state index contributed by atoms with van der Waals surface area (Å²) in [5, 5.41) is 8.59. The second-order valence-electron chi connectivity index (χ2n) is 4.85. The molecule has 1 N–H and O–H groups in total. The summed E-state index contributed by atoms with van der Waals surface area (Å²) in [6, 6.07) is 15.8. The average Bonchev–Trinajstić information content (AvgIpc) is 3.11. The summed E-state index contributed by atoms with van der Waals surface area (Å²) in [4.78, 5) is 13.1. The van der Waals surface area contributed by atoms with Crippen LogP contribution in [-0.2, 0) is 0 Å². The highest BCUT2D eigenvalue weighted by Crippen LogP contribution is 2.39. The van der Waals surface area contributed by atoms with Crippen LogP contribution in [0.2, 0.25) is 5.02 Å². The van der Waals surface area contributed by atoms with Gasteiger partial charge in [0.05, 0.1) is 9.04 Å². The molecular weight excluding hydrogens is 334 g/mol. The molecule has 2 aromatic carbocycles. The normalized spacial score (nSPS) is 11.1. The smallest absolute Gasteiger partial charge is 0.267 e. The number of hydrogen-bond acceptors (Lipinski definition) is 3. The van der Waals surface area contributed by atoms with Crippen LogP contribution in [0.1, 0.15) is 9.67 Å². The second-order valence-corrected chi connectivity index (χ2v) is 7.42. The van der Waals surface area contributed by atoms with E-state index < -0.39 is 0 Å². The molecule has 108 valence electrons. The Morgan fingerprint density at radius 3 is 2.68 bits per heavy atom. The third-order valence-electron chi connectivity index (χ3n) is 3.50. The summed E-state index contributed by atoms with van der Waals surface area (Å²) in [6.45, 7) is 0. The van der Waals surface area contributed by atoms with Crippen LogP contribution in [0.5, 0.6) is 0 Å². The van der Waals surface area contributed by atoms with Gasteiger partial charge in [0.25, 0.3) is 5.91 Å². The molecule has 5 heteroatoms. The molecule has 2 nitrogen and oxygen atoms in total. The maximum atomic E-state index is 12.6. The van der Waals surface area contributed by atoms with Crippen molar-refractivity contribution in [2.24, 2.45) is 0 Å². The summed E-state index contributed by atoms with van der Waals surface area (Å²) < 4.78 is 1.08. The molecule has 4 aromatic rings. The van der Waals surface area contributed by atoms with E-state index in [-0.39, 0.29) is 5.91 Å². The van der Waals surface area contributed by atoms with Crippen molar-refractivity contribution >= 4 is 66.0 Å². The Balaban J connectivity index is 1.74. The highest BCUT2D eigenvalue weighted by Gasteiger charge is 2.18. The van der Waals surface area contributed by atoms with Crippen LogP contribution in [0.4, 0.5) is 5.69 Å². The average molecular weight is 344 g/mol. The number of rotatable bonds is 2.